The zero-order valence-corrected chi connectivity index (χ0v) is 7.00. The third kappa shape index (κ3) is 2.17. The smallest absolute Gasteiger partial charge is 0.146 e. The molecule has 0 radical (unpaired) electrons. The minimum absolute atomic E-state index is 0. The Kier molecular flexibility index (Phi) is 3.53. The first-order valence-corrected chi connectivity index (χ1v) is 2.31. The fourth-order valence-electron chi connectivity index (χ4n) is 0.475. The molecule has 0 heterocycles. The highest BCUT2D eigenvalue weighted by Crippen LogP contribution is 2.05. The van der Waals surface area contributed by atoms with Crippen LogP contribution in [-0.4, -0.2) is 0 Å². The second kappa shape index (κ2) is 3.66. The molecule has 0 aliphatic heterocycles. The summed E-state index contributed by atoms with van der Waals surface area (Å²) in [7, 11) is 0. The SMILES string of the molecule is I.Nc1ccccc1F. The number of para-hydroxylation sites is 1. The Labute approximate surface area is 70.1 Å². The average Bonchev–Trinajstić information content (AvgIpc) is 1.77. The number of rotatable bonds is 0. The van der Waals surface area contributed by atoms with Gasteiger partial charge in [0.2, 0.25) is 0 Å². The molecule has 0 unspecified atom stereocenters. The second-order valence-corrected chi connectivity index (χ2v) is 1.52. The molecule has 0 saturated heterocycles. The van der Waals surface area contributed by atoms with Gasteiger partial charge in [0.05, 0.1) is 5.69 Å². The van der Waals surface area contributed by atoms with Crippen molar-refractivity contribution in [3.63, 3.8) is 0 Å². The van der Waals surface area contributed by atoms with Gasteiger partial charge in [0.1, 0.15) is 5.82 Å². The van der Waals surface area contributed by atoms with Crippen molar-refractivity contribution >= 4 is 29.7 Å². The average molecular weight is 239 g/mol. The topological polar surface area (TPSA) is 26.0 Å². The molecule has 0 saturated carbocycles. The van der Waals surface area contributed by atoms with Gasteiger partial charge in [-0.25, -0.2) is 4.39 Å². The summed E-state index contributed by atoms with van der Waals surface area (Å²) < 4.78 is 12.2. The van der Waals surface area contributed by atoms with Gasteiger partial charge in [-0.3, -0.25) is 0 Å². The molecular formula is C6H7FIN. The van der Waals surface area contributed by atoms with Gasteiger partial charge in [-0.2, -0.15) is 0 Å². The Bertz CT molecular complexity index is 169. The highest BCUT2D eigenvalue weighted by atomic mass is 127. The molecule has 0 fully saturated rings. The maximum Gasteiger partial charge on any atom is 0.146 e. The number of anilines is 1. The molecule has 3 heteroatoms. The summed E-state index contributed by atoms with van der Waals surface area (Å²) in [6.45, 7) is 0. The van der Waals surface area contributed by atoms with E-state index >= 15 is 0 Å². The van der Waals surface area contributed by atoms with Crippen molar-refractivity contribution in [1.29, 1.82) is 0 Å². The lowest BCUT2D eigenvalue weighted by molar-refractivity contribution is 0.632. The first-order chi connectivity index (χ1) is 3.80. The molecule has 2 N–H and O–H groups in total. The largest absolute Gasteiger partial charge is 0.396 e. The van der Waals surface area contributed by atoms with Crippen LogP contribution >= 0.6 is 24.0 Å². The summed E-state index contributed by atoms with van der Waals surface area (Å²) in [6.07, 6.45) is 0. The van der Waals surface area contributed by atoms with Gasteiger partial charge in [0, 0.05) is 0 Å². The summed E-state index contributed by atoms with van der Waals surface area (Å²) in [4.78, 5) is 0. The first-order valence-electron chi connectivity index (χ1n) is 2.31. The van der Waals surface area contributed by atoms with Crippen LogP contribution in [0.25, 0.3) is 0 Å². The van der Waals surface area contributed by atoms with E-state index < -0.39 is 0 Å². The van der Waals surface area contributed by atoms with Gasteiger partial charge in [-0.1, -0.05) is 12.1 Å². The Morgan fingerprint density at radius 2 is 1.78 bits per heavy atom. The van der Waals surface area contributed by atoms with Crippen molar-refractivity contribution in [3.05, 3.63) is 30.1 Å². The summed E-state index contributed by atoms with van der Waals surface area (Å²) in [5, 5.41) is 0. The van der Waals surface area contributed by atoms with Crippen molar-refractivity contribution in [2.45, 2.75) is 0 Å². The molecule has 50 valence electrons. The molecular weight excluding hydrogens is 232 g/mol. The lowest BCUT2D eigenvalue weighted by Crippen LogP contribution is -1.86. The van der Waals surface area contributed by atoms with Crippen molar-refractivity contribution < 1.29 is 4.39 Å². The van der Waals surface area contributed by atoms with Crippen LogP contribution < -0.4 is 5.73 Å². The maximum absolute atomic E-state index is 12.2. The van der Waals surface area contributed by atoms with Crippen molar-refractivity contribution in [1.82, 2.24) is 0 Å². The fraction of sp³-hybridized carbons (Fsp3) is 0. The number of nitrogen functional groups attached to an aromatic ring is 1. The standard InChI is InChI=1S/C6H6FN.HI/c7-5-3-1-2-4-6(5)8;/h1-4H,8H2;1H. The zero-order chi connectivity index (χ0) is 5.98. The molecule has 0 aliphatic carbocycles. The number of hydrogen-bond donors (Lipinski definition) is 1. The van der Waals surface area contributed by atoms with Crippen LogP contribution in [-0.2, 0) is 0 Å². The van der Waals surface area contributed by atoms with Gasteiger partial charge in [0.15, 0.2) is 0 Å². The summed E-state index contributed by atoms with van der Waals surface area (Å²) in [6, 6.07) is 6.15. The molecule has 1 rings (SSSR count). The molecule has 0 aromatic heterocycles. The Morgan fingerprint density at radius 1 is 1.22 bits per heavy atom. The van der Waals surface area contributed by atoms with E-state index in [1.54, 1.807) is 12.1 Å². The molecule has 1 aromatic rings. The molecule has 9 heavy (non-hydrogen) atoms. The third-order valence-corrected chi connectivity index (χ3v) is 0.905. The lowest BCUT2D eigenvalue weighted by Gasteiger charge is -1.89. The summed E-state index contributed by atoms with van der Waals surface area (Å²) in [5.74, 6) is -0.354. The molecule has 0 spiro atoms. The highest BCUT2D eigenvalue weighted by Gasteiger charge is 1.89. The molecule has 0 amide bonds. The fourth-order valence-corrected chi connectivity index (χ4v) is 0.475. The van der Waals surface area contributed by atoms with Crippen LogP contribution in [0.1, 0.15) is 0 Å². The van der Waals surface area contributed by atoms with Gasteiger partial charge in [-0.15, -0.1) is 24.0 Å². The Balaban J connectivity index is 0.000000640. The van der Waals surface area contributed by atoms with Crippen molar-refractivity contribution in [3.8, 4) is 0 Å². The quantitative estimate of drug-likeness (QED) is 0.544. The summed E-state index contributed by atoms with van der Waals surface area (Å²) >= 11 is 0. The highest BCUT2D eigenvalue weighted by molar-refractivity contribution is 14.0. The second-order valence-electron chi connectivity index (χ2n) is 1.52. The van der Waals surface area contributed by atoms with Crippen LogP contribution in [0.4, 0.5) is 10.1 Å². The number of halogens is 2. The van der Waals surface area contributed by atoms with E-state index in [0.29, 0.717) is 0 Å². The maximum atomic E-state index is 12.2. The minimum atomic E-state index is -0.354. The number of hydrogen-bond acceptors (Lipinski definition) is 1. The van der Waals surface area contributed by atoms with Crippen molar-refractivity contribution in [2.75, 3.05) is 5.73 Å². The summed E-state index contributed by atoms with van der Waals surface area (Å²) in [5.41, 5.74) is 5.35. The lowest BCUT2D eigenvalue weighted by atomic mass is 10.3. The van der Waals surface area contributed by atoms with E-state index in [4.69, 9.17) is 5.73 Å². The zero-order valence-electron chi connectivity index (χ0n) is 4.67. The van der Waals surface area contributed by atoms with Crippen LogP contribution in [0.15, 0.2) is 24.3 Å². The van der Waals surface area contributed by atoms with Gasteiger partial charge < -0.3 is 5.73 Å². The molecule has 0 atom stereocenters. The predicted molar refractivity (Wildman–Crippen MR) is 46.2 cm³/mol. The van der Waals surface area contributed by atoms with E-state index in [9.17, 15) is 4.39 Å². The third-order valence-electron chi connectivity index (χ3n) is 0.905. The van der Waals surface area contributed by atoms with Gasteiger partial charge in [-0.05, 0) is 12.1 Å². The van der Waals surface area contributed by atoms with Gasteiger partial charge >= 0.3 is 0 Å². The molecule has 1 nitrogen and oxygen atoms in total. The minimum Gasteiger partial charge on any atom is -0.396 e. The van der Waals surface area contributed by atoms with E-state index in [-0.39, 0.29) is 35.5 Å². The van der Waals surface area contributed by atoms with Crippen LogP contribution in [0, 0.1) is 5.82 Å². The Morgan fingerprint density at radius 3 is 2.11 bits per heavy atom. The van der Waals surface area contributed by atoms with Crippen LogP contribution in [0.5, 0.6) is 0 Å². The normalized spacial score (nSPS) is 8.11. The predicted octanol–water partition coefficient (Wildman–Crippen LogP) is 2.03. The van der Waals surface area contributed by atoms with Crippen LogP contribution in [0.3, 0.4) is 0 Å². The van der Waals surface area contributed by atoms with Crippen LogP contribution in [0.2, 0.25) is 0 Å². The van der Waals surface area contributed by atoms with E-state index in [2.05, 4.69) is 0 Å². The molecule has 0 bridgehead atoms. The molecule has 0 aliphatic rings. The van der Waals surface area contributed by atoms with Gasteiger partial charge in [0.25, 0.3) is 0 Å². The number of nitrogens with two attached hydrogens (primary N) is 1. The van der Waals surface area contributed by atoms with E-state index in [0.717, 1.165) is 0 Å². The molecule has 1 aromatic carbocycles. The number of benzene rings is 1. The van der Waals surface area contributed by atoms with Crippen molar-refractivity contribution in [2.24, 2.45) is 0 Å². The van der Waals surface area contributed by atoms with E-state index in [1.807, 2.05) is 0 Å². The van der Waals surface area contributed by atoms with E-state index in [1.165, 1.54) is 12.1 Å². The monoisotopic (exact) mass is 239 g/mol. The Hall–Kier alpha value is -0.320. The first kappa shape index (κ1) is 8.68.